The van der Waals surface area contributed by atoms with Gasteiger partial charge in [-0.2, -0.15) is 0 Å². The first-order valence-electron chi connectivity index (χ1n) is 9.02. The van der Waals surface area contributed by atoms with Crippen molar-refractivity contribution < 1.29 is 14.3 Å². The molecule has 3 heteroatoms. The minimum absolute atomic E-state index is 0.0196. The summed E-state index contributed by atoms with van der Waals surface area (Å²) in [6.07, 6.45) is 7.75. The number of hydrogen-bond donors (Lipinski definition) is 0. The number of para-hydroxylation sites is 1. The Morgan fingerprint density at radius 2 is 1.72 bits per heavy atom. The van der Waals surface area contributed by atoms with Gasteiger partial charge in [0, 0.05) is 6.08 Å². The summed E-state index contributed by atoms with van der Waals surface area (Å²) in [5.74, 6) is 0.261. The third-order valence-corrected chi connectivity index (χ3v) is 5.07. The van der Waals surface area contributed by atoms with Crippen LogP contribution in [0.5, 0.6) is 5.75 Å². The van der Waals surface area contributed by atoms with Gasteiger partial charge >= 0.3 is 5.97 Å². The van der Waals surface area contributed by atoms with Crippen molar-refractivity contribution in [2.75, 3.05) is 0 Å². The third kappa shape index (κ3) is 5.86. The third-order valence-electron chi connectivity index (χ3n) is 5.07. The lowest BCUT2D eigenvalue weighted by Gasteiger charge is -2.09. The van der Waals surface area contributed by atoms with Crippen LogP contribution in [-0.2, 0) is 9.53 Å². The van der Waals surface area contributed by atoms with Crippen LogP contribution in [0.4, 0.5) is 0 Å². The summed E-state index contributed by atoms with van der Waals surface area (Å²) >= 11 is 0. The van der Waals surface area contributed by atoms with Crippen LogP contribution in [0.15, 0.2) is 53.6 Å². The van der Waals surface area contributed by atoms with Crippen molar-refractivity contribution in [1.29, 1.82) is 0 Å². The molecule has 1 aliphatic heterocycles. The second-order valence-corrected chi connectivity index (χ2v) is 7.66. The van der Waals surface area contributed by atoms with Gasteiger partial charge in [-0.05, 0) is 72.4 Å². The van der Waals surface area contributed by atoms with Crippen molar-refractivity contribution in [3.05, 3.63) is 53.6 Å². The molecule has 136 valence electrons. The highest BCUT2D eigenvalue weighted by molar-refractivity contribution is 5.84. The molecular formula is C22H30O3. The summed E-state index contributed by atoms with van der Waals surface area (Å²) in [6.45, 7) is 10.6. The van der Waals surface area contributed by atoms with Gasteiger partial charge in [0.1, 0.15) is 5.75 Å². The summed E-state index contributed by atoms with van der Waals surface area (Å²) < 4.78 is 11.1. The van der Waals surface area contributed by atoms with Crippen molar-refractivity contribution >= 4 is 5.97 Å². The molecule has 1 saturated heterocycles. The van der Waals surface area contributed by atoms with Crippen LogP contribution in [0.1, 0.15) is 60.3 Å². The molecule has 1 atom stereocenters. The van der Waals surface area contributed by atoms with E-state index < -0.39 is 0 Å². The van der Waals surface area contributed by atoms with Gasteiger partial charge in [-0.15, -0.1) is 0 Å². The van der Waals surface area contributed by atoms with Crippen LogP contribution in [0.2, 0.25) is 0 Å². The molecule has 1 heterocycles. The fraction of sp³-hybridized carbons (Fsp3) is 0.500. The van der Waals surface area contributed by atoms with Crippen molar-refractivity contribution in [2.45, 2.75) is 71.5 Å². The normalized spacial score (nSPS) is 22.6. The van der Waals surface area contributed by atoms with Gasteiger partial charge < -0.3 is 9.47 Å². The average Bonchev–Trinajstić information content (AvgIpc) is 3.04. The highest BCUT2D eigenvalue weighted by Crippen LogP contribution is 2.50. The molecule has 1 aromatic carbocycles. The number of ether oxygens (including phenoxy) is 2. The lowest BCUT2D eigenvalue weighted by Crippen LogP contribution is -2.16. The molecular weight excluding hydrogens is 312 g/mol. The summed E-state index contributed by atoms with van der Waals surface area (Å²) in [4.78, 5) is 11.9. The van der Waals surface area contributed by atoms with E-state index in [9.17, 15) is 4.79 Å². The molecule has 1 fully saturated rings. The molecule has 0 aliphatic carbocycles. The maximum atomic E-state index is 11.9. The molecule has 1 aliphatic rings. The van der Waals surface area contributed by atoms with Crippen LogP contribution in [0.3, 0.4) is 0 Å². The Morgan fingerprint density at radius 3 is 2.32 bits per heavy atom. The lowest BCUT2D eigenvalue weighted by molar-refractivity contribution is -0.129. The second-order valence-electron chi connectivity index (χ2n) is 7.66. The van der Waals surface area contributed by atoms with Crippen molar-refractivity contribution in [2.24, 2.45) is 0 Å². The topological polar surface area (TPSA) is 38.8 Å². The molecule has 0 radical (unpaired) electrons. The molecule has 0 bridgehead atoms. The van der Waals surface area contributed by atoms with Gasteiger partial charge in [0.15, 0.2) is 0 Å². The smallest absolute Gasteiger partial charge is 0.336 e. The summed E-state index contributed by atoms with van der Waals surface area (Å²) in [7, 11) is 0. The molecule has 3 nitrogen and oxygen atoms in total. The van der Waals surface area contributed by atoms with E-state index in [2.05, 4.69) is 33.8 Å². The average molecular weight is 342 g/mol. The zero-order valence-electron chi connectivity index (χ0n) is 16.1. The van der Waals surface area contributed by atoms with Gasteiger partial charge in [0.25, 0.3) is 0 Å². The van der Waals surface area contributed by atoms with E-state index >= 15 is 0 Å². The van der Waals surface area contributed by atoms with Crippen molar-refractivity contribution in [1.82, 2.24) is 0 Å². The van der Waals surface area contributed by atoms with Gasteiger partial charge in [-0.1, -0.05) is 35.4 Å². The molecule has 1 aromatic rings. The van der Waals surface area contributed by atoms with Gasteiger partial charge in [0.2, 0.25) is 0 Å². The Morgan fingerprint density at radius 1 is 1.08 bits per heavy atom. The number of allylic oxidation sites excluding steroid dienone is 3. The number of carbonyl (C=O) groups excluding carboxylic acids is 1. The van der Waals surface area contributed by atoms with Crippen LogP contribution in [-0.4, -0.2) is 17.2 Å². The van der Waals surface area contributed by atoms with E-state index in [1.54, 1.807) is 18.2 Å². The van der Waals surface area contributed by atoms with Crippen LogP contribution < -0.4 is 4.74 Å². The van der Waals surface area contributed by atoms with Crippen LogP contribution in [0, 0.1) is 0 Å². The fourth-order valence-electron chi connectivity index (χ4n) is 2.88. The number of carbonyl (C=O) groups is 1. The number of esters is 1. The molecule has 25 heavy (non-hydrogen) atoms. The predicted molar refractivity (Wildman–Crippen MR) is 102 cm³/mol. The maximum Gasteiger partial charge on any atom is 0.336 e. The summed E-state index contributed by atoms with van der Waals surface area (Å²) in [6, 6.07) is 9.14. The molecule has 0 amide bonds. The number of epoxide rings is 1. The highest BCUT2D eigenvalue weighted by atomic mass is 16.6. The van der Waals surface area contributed by atoms with Crippen molar-refractivity contribution in [3.63, 3.8) is 0 Å². The Balaban J connectivity index is 1.71. The first kappa shape index (κ1) is 19.5. The largest absolute Gasteiger partial charge is 0.423 e. The Labute approximate surface area is 151 Å². The summed E-state index contributed by atoms with van der Waals surface area (Å²) in [5, 5.41) is 0. The van der Waals surface area contributed by atoms with Gasteiger partial charge in [-0.3, -0.25) is 0 Å². The Bertz CT molecular complexity index is 655. The maximum absolute atomic E-state index is 11.9. The fourth-order valence-corrected chi connectivity index (χ4v) is 2.88. The first-order valence-corrected chi connectivity index (χ1v) is 9.02. The minimum atomic E-state index is -0.314. The number of benzene rings is 1. The van der Waals surface area contributed by atoms with E-state index in [4.69, 9.17) is 9.47 Å². The van der Waals surface area contributed by atoms with E-state index in [0.29, 0.717) is 5.75 Å². The summed E-state index contributed by atoms with van der Waals surface area (Å²) in [5.41, 5.74) is 2.46. The Hall–Kier alpha value is -1.87. The van der Waals surface area contributed by atoms with E-state index in [0.717, 1.165) is 31.3 Å². The molecule has 0 aromatic heterocycles. The minimum Gasteiger partial charge on any atom is -0.423 e. The van der Waals surface area contributed by atoms with E-state index in [1.807, 2.05) is 25.1 Å². The standard InChI is InChI=1S/C22H30O3/c1-17(14-15-22(5)21(3,4)25-22)10-9-11-18(2)16-20(23)24-19-12-7-6-8-13-19/h6-8,10,12-13,16H,9,11,14-15H2,1-5H3. The highest BCUT2D eigenvalue weighted by Gasteiger charge is 2.59. The zero-order valence-corrected chi connectivity index (χ0v) is 16.1. The molecule has 2 rings (SSSR count). The van der Waals surface area contributed by atoms with Crippen LogP contribution >= 0.6 is 0 Å². The Kier molecular flexibility index (Phi) is 6.23. The molecule has 1 unspecified atom stereocenters. The van der Waals surface area contributed by atoms with Crippen LogP contribution in [0.25, 0.3) is 0 Å². The molecule has 0 N–H and O–H groups in total. The number of hydrogen-bond acceptors (Lipinski definition) is 3. The van der Waals surface area contributed by atoms with Crippen molar-refractivity contribution in [3.8, 4) is 5.75 Å². The zero-order chi connectivity index (χ0) is 18.5. The SMILES string of the molecule is CC(=CC(=O)Oc1ccccc1)CCC=C(C)CCC1(C)OC1(C)C. The molecule has 0 spiro atoms. The first-order chi connectivity index (χ1) is 11.7. The predicted octanol–water partition coefficient (Wildman–Crippen LogP) is 5.61. The van der Waals surface area contributed by atoms with Gasteiger partial charge in [-0.25, -0.2) is 4.79 Å². The lowest BCUT2D eigenvalue weighted by atomic mass is 9.91. The molecule has 0 saturated carbocycles. The van der Waals surface area contributed by atoms with Gasteiger partial charge in [0.05, 0.1) is 11.2 Å². The second kappa shape index (κ2) is 8.01. The van der Waals surface area contributed by atoms with E-state index in [1.165, 1.54) is 5.57 Å². The number of rotatable bonds is 8. The van der Waals surface area contributed by atoms with E-state index in [-0.39, 0.29) is 17.2 Å². The quantitative estimate of drug-likeness (QED) is 0.202. The monoisotopic (exact) mass is 342 g/mol.